The molecule has 0 aliphatic heterocycles. The van der Waals surface area contributed by atoms with Crippen molar-refractivity contribution >= 4 is 21.8 Å². The van der Waals surface area contributed by atoms with Crippen molar-refractivity contribution in [1.29, 1.82) is 0 Å². The summed E-state index contributed by atoms with van der Waals surface area (Å²) in [5, 5.41) is 1.92. The van der Waals surface area contributed by atoms with Crippen molar-refractivity contribution in [2.75, 3.05) is 0 Å². The molecule has 206 valence electrons. The van der Waals surface area contributed by atoms with Crippen LogP contribution in [0, 0.1) is 0 Å². The molecule has 41 heavy (non-hydrogen) atoms. The second-order valence-electron chi connectivity index (χ2n) is 8.94. The van der Waals surface area contributed by atoms with Crippen molar-refractivity contribution < 1.29 is 46.4 Å². The summed E-state index contributed by atoms with van der Waals surface area (Å²) in [5.74, 6) is 0. The summed E-state index contributed by atoms with van der Waals surface area (Å²) in [6.07, 6.45) is -8.68. The number of benzene rings is 4. The molecule has 0 N–H and O–H groups in total. The second-order valence-corrected chi connectivity index (χ2v) is 8.94. The van der Waals surface area contributed by atoms with Crippen LogP contribution in [0.5, 0.6) is 0 Å². The van der Waals surface area contributed by atoms with E-state index in [1.165, 1.54) is 12.1 Å². The normalized spacial score (nSPS) is 11.5. The van der Waals surface area contributed by atoms with Gasteiger partial charge in [-0.2, -0.15) is 26.3 Å². The van der Waals surface area contributed by atoms with Gasteiger partial charge in [-0.05, 0) is 48.5 Å². The standard InChI is InChI=1S/2C16H10F3N.Ir/c2*17-16(18,19)13-6-3-5-12(10-13)15-9-8-11-4-1-2-7-14(11)20-15;/h2*1-10H;/q;;+3. The monoisotopic (exact) mass is 739 g/mol. The van der Waals surface area contributed by atoms with Gasteiger partial charge in [0.25, 0.3) is 0 Å². The Kier molecular flexibility index (Phi) is 8.90. The Bertz CT molecular complexity index is 1670. The third-order valence-electron chi connectivity index (χ3n) is 6.17. The Morgan fingerprint density at radius 1 is 0.415 bits per heavy atom. The summed E-state index contributed by atoms with van der Waals surface area (Å²) in [4.78, 5) is 8.80. The molecule has 0 aliphatic carbocycles. The maximum atomic E-state index is 12.7. The van der Waals surface area contributed by atoms with E-state index in [1.807, 2.05) is 60.7 Å². The molecule has 0 unspecified atom stereocenters. The van der Waals surface area contributed by atoms with Gasteiger partial charge in [0.1, 0.15) is 0 Å². The van der Waals surface area contributed by atoms with Gasteiger partial charge in [-0.25, -0.2) is 9.97 Å². The van der Waals surface area contributed by atoms with Crippen molar-refractivity contribution in [2.45, 2.75) is 12.4 Å². The number of rotatable bonds is 2. The molecular formula is C32H20F6IrN2+3. The minimum Gasteiger partial charge on any atom is -0.248 e. The first-order valence-electron chi connectivity index (χ1n) is 12.1. The quantitative estimate of drug-likeness (QED) is 0.166. The molecule has 6 rings (SSSR count). The summed E-state index contributed by atoms with van der Waals surface area (Å²) >= 11 is 0. The smallest absolute Gasteiger partial charge is 0.248 e. The molecule has 6 aromatic rings. The summed E-state index contributed by atoms with van der Waals surface area (Å²) in [5.41, 5.74) is 2.21. The molecule has 4 aromatic carbocycles. The van der Waals surface area contributed by atoms with E-state index in [1.54, 1.807) is 24.3 Å². The van der Waals surface area contributed by atoms with Crippen molar-refractivity contribution in [3.8, 4) is 22.5 Å². The molecule has 2 aromatic heterocycles. The molecule has 0 bridgehead atoms. The van der Waals surface area contributed by atoms with Crippen LogP contribution in [-0.2, 0) is 32.5 Å². The van der Waals surface area contributed by atoms with Crippen LogP contribution < -0.4 is 0 Å². The molecular weight excluding hydrogens is 719 g/mol. The van der Waals surface area contributed by atoms with E-state index in [9.17, 15) is 26.3 Å². The predicted octanol–water partition coefficient (Wildman–Crippen LogP) is 9.84. The zero-order valence-electron chi connectivity index (χ0n) is 21.0. The number of hydrogen-bond acceptors (Lipinski definition) is 2. The number of hydrogen-bond donors (Lipinski definition) is 0. The molecule has 0 spiro atoms. The van der Waals surface area contributed by atoms with Crippen molar-refractivity contribution in [1.82, 2.24) is 9.97 Å². The van der Waals surface area contributed by atoms with Gasteiger partial charge < -0.3 is 0 Å². The Balaban J connectivity index is 0.000000184. The fourth-order valence-electron chi connectivity index (χ4n) is 4.16. The van der Waals surface area contributed by atoms with Gasteiger partial charge in [-0.15, -0.1) is 0 Å². The Morgan fingerprint density at radius 3 is 1.20 bits per heavy atom. The van der Waals surface area contributed by atoms with Gasteiger partial charge in [0.05, 0.1) is 33.5 Å². The van der Waals surface area contributed by atoms with Crippen LogP contribution in [0.2, 0.25) is 0 Å². The second kappa shape index (κ2) is 12.2. The molecule has 0 atom stereocenters. The topological polar surface area (TPSA) is 25.8 Å². The van der Waals surface area contributed by atoms with Crippen LogP contribution in [0.25, 0.3) is 44.3 Å². The zero-order chi connectivity index (χ0) is 28.3. The first kappa shape index (κ1) is 29.9. The minimum absolute atomic E-state index is 0. The molecule has 2 nitrogen and oxygen atoms in total. The molecule has 0 fully saturated rings. The Labute approximate surface area is 245 Å². The average Bonchev–Trinajstić information content (AvgIpc) is 2.96. The van der Waals surface area contributed by atoms with Crippen LogP contribution >= 0.6 is 0 Å². The van der Waals surface area contributed by atoms with Gasteiger partial charge in [0.15, 0.2) is 0 Å². The maximum Gasteiger partial charge on any atom is 3.00 e. The summed E-state index contributed by atoms with van der Waals surface area (Å²) < 4.78 is 76.3. The van der Waals surface area contributed by atoms with E-state index in [4.69, 9.17) is 0 Å². The van der Waals surface area contributed by atoms with Crippen LogP contribution in [0.15, 0.2) is 121 Å². The molecule has 0 aliphatic rings. The van der Waals surface area contributed by atoms with E-state index in [0.717, 1.165) is 46.1 Å². The van der Waals surface area contributed by atoms with Gasteiger partial charge >= 0.3 is 32.5 Å². The number of para-hydroxylation sites is 2. The van der Waals surface area contributed by atoms with E-state index >= 15 is 0 Å². The van der Waals surface area contributed by atoms with Gasteiger partial charge in [-0.3, -0.25) is 0 Å². The average molecular weight is 739 g/mol. The van der Waals surface area contributed by atoms with E-state index < -0.39 is 23.5 Å². The van der Waals surface area contributed by atoms with Crippen LogP contribution in [0.4, 0.5) is 26.3 Å². The van der Waals surface area contributed by atoms with E-state index in [0.29, 0.717) is 22.5 Å². The largest absolute Gasteiger partial charge is 3.00 e. The third-order valence-corrected chi connectivity index (χ3v) is 6.17. The predicted molar refractivity (Wildman–Crippen MR) is 144 cm³/mol. The van der Waals surface area contributed by atoms with E-state index in [-0.39, 0.29) is 20.1 Å². The number of fused-ring (bicyclic) bond motifs is 2. The zero-order valence-corrected chi connectivity index (χ0v) is 23.4. The molecule has 9 heteroatoms. The number of aromatic nitrogens is 2. The van der Waals surface area contributed by atoms with Crippen molar-refractivity contribution in [3.63, 3.8) is 0 Å². The third kappa shape index (κ3) is 7.17. The molecule has 0 radical (unpaired) electrons. The van der Waals surface area contributed by atoms with Crippen LogP contribution in [0.1, 0.15) is 11.1 Å². The van der Waals surface area contributed by atoms with Crippen molar-refractivity contribution in [2.24, 2.45) is 0 Å². The first-order valence-corrected chi connectivity index (χ1v) is 12.1. The number of pyridine rings is 2. The summed E-state index contributed by atoms with van der Waals surface area (Å²) in [6.45, 7) is 0. The molecule has 0 amide bonds. The minimum atomic E-state index is -4.34. The fraction of sp³-hybridized carbons (Fsp3) is 0.0625. The summed E-state index contributed by atoms with van der Waals surface area (Å²) in [6, 6.07) is 32.6. The van der Waals surface area contributed by atoms with Crippen molar-refractivity contribution in [3.05, 3.63) is 132 Å². The SMILES string of the molecule is FC(F)(F)c1cccc(-c2ccc3ccccc3n2)c1.FC(F)(F)c1cccc(-c2ccc3ccccc3n2)c1.[Ir+3]. The summed E-state index contributed by atoms with van der Waals surface area (Å²) in [7, 11) is 0. The van der Waals surface area contributed by atoms with Gasteiger partial charge in [0, 0.05) is 21.9 Å². The number of alkyl halides is 6. The number of halogens is 6. The molecule has 0 saturated carbocycles. The maximum absolute atomic E-state index is 12.7. The Hall–Kier alpha value is -4.07. The number of nitrogens with zero attached hydrogens (tertiary/aromatic N) is 2. The van der Waals surface area contributed by atoms with Crippen LogP contribution in [-0.4, -0.2) is 9.97 Å². The molecule has 0 saturated heterocycles. The Morgan fingerprint density at radius 2 is 0.805 bits per heavy atom. The fourth-order valence-corrected chi connectivity index (χ4v) is 4.16. The van der Waals surface area contributed by atoms with Gasteiger partial charge in [0.2, 0.25) is 0 Å². The van der Waals surface area contributed by atoms with E-state index in [2.05, 4.69) is 9.97 Å². The molecule has 2 heterocycles. The van der Waals surface area contributed by atoms with Gasteiger partial charge in [-0.1, -0.05) is 72.8 Å². The van der Waals surface area contributed by atoms with Crippen LogP contribution in [0.3, 0.4) is 0 Å². The first-order chi connectivity index (χ1) is 19.1.